The molecule has 2 saturated heterocycles. The number of aromatic nitrogens is 1. The quantitative estimate of drug-likeness (QED) is 0.750. The second-order valence-electron chi connectivity index (χ2n) is 6.53. The Morgan fingerprint density at radius 2 is 2.04 bits per heavy atom. The fraction of sp³-hybridized carbons (Fsp3) is 0.625. The van der Waals surface area contributed by atoms with Crippen molar-refractivity contribution in [2.24, 2.45) is 0 Å². The molecule has 0 N–H and O–H groups in total. The number of anilines is 1. The third kappa shape index (κ3) is 4.05. The van der Waals surface area contributed by atoms with Gasteiger partial charge in [-0.05, 0) is 25.6 Å². The second-order valence-corrected chi connectivity index (χ2v) is 8.76. The lowest BCUT2D eigenvalue weighted by Crippen LogP contribution is -2.52. The molecule has 132 valence electrons. The molecule has 24 heavy (non-hydrogen) atoms. The summed E-state index contributed by atoms with van der Waals surface area (Å²) in [5.74, 6) is 1.42. The minimum absolute atomic E-state index is 0.0336. The van der Waals surface area contributed by atoms with Gasteiger partial charge in [-0.15, -0.1) is 0 Å². The van der Waals surface area contributed by atoms with Gasteiger partial charge in [-0.2, -0.15) is 0 Å². The summed E-state index contributed by atoms with van der Waals surface area (Å²) in [6.45, 7) is 3.16. The lowest BCUT2D eigenvalue weighted by molar-refractivity contribution is -0.132. The molecule has 1 aromatic heterocycles. The fourth-order valence-electron chi connectivity index (χ4n) is 3.29. The number of pyridine rings is 1. The number of sulfone groups is 1. The molecule has 8 heteroatoms. The third-order valence-corrected chi connectivity index (χ3v) is 6.57. The monoisotopic (exact) mass is 352 g/mol. The molecule has 0 aliphatic carbocycles. The van der Waals surface area contributed by atoms with Crippen molar-refractivity contribution in [2.45, 2.75) is 12.5 Å². The lowest BCUT2D eigenvalue weighted by atomic mass is 10.2. The van der Waals surface area contributed by atoms with Crippen LogP contribution in [0.2, 0.25) is 0 Å². The summed E-state index contributed by atoms with van der Waals surface area (Å²) in [5.41, 5.74) is 0. The maximum absolute atomic E-state index is 12.5. The molecular weight excluding hydrogens is 328 g/mol. The van der Waals surface area contributed by atoms with Crippen molar-refractivity contribution in [1.82, 2.24) is 14.8 Å². The first-order valence-corrected chi connectivity index (χ1v) is 10.1. The van der Waals surface area contributed by atoms with E-state index in [1.54, 1.807) is 6.20 Å². The van der Waals surface area contributed by atoms with Gasteiger partial charge in [0.2, 0.25) is 5.91 Å². The molecule has 7 nitrogen and oxygen atoms in total. The Morgan fingerprint density at radius 1 is 1.29 bits per heavy atom. The number of amides is 1. The molecule has 3 heterocycles. The first-order chi connectivity index (χ1) is 11.4. The van der Waals surface area contributed by atoms with E-state index in [2.05, 4.69) is 9.88 Å². The van der Waals surface area contributed by atoms with Crippen LogP contribution in [0.25, 0.3) is 0 Å². The zero-order chi connectivity index (χ0) is 17.2. The van der Waals surface area contributed by atoms with E-state index < -0.39 is 9.84 Å². The molecule has 2 aliphatic heterocycles. The molecule has 0 saturated carbocycles. The van der Waals surface area contributed by atoms with Crippen LogP contribution in [-0.2, 0) is 14.6 Å². The van der Waals surface area contributed by atoms with Gasteiger partial charge >= 0.3 is 0 Å². The molecule has 0 bridgehead atoms. The fourth-order valence-corrected chi connectivity index (χ4v) is 5.10. The molecule has 2 aliphatic rings. The molecule has 1 unspecified atom stereocenters. The first kappa shape index (κ1) is 17.2. The summed E-state index contributed by atoms with van der Waals surface area (Å²) in [4.78, 5) is 22.7. The van der Waals surface area contributed by atoms with Crippen LogP contribution in [-0.4, -0.2) is 86.4 Å². The molecule has 0 radical (unpaired) electrons. The highest BCUT2D eigenvalue weighted by molar-refractivity contribution is 7.91. The molecular formula is C16H24N4O3S. The van der Waals surface area contributed by atoms with Gasteiger partial charge in [-0.25, -0.2) is 13.4 Å². The summed E-state index contributed by atoms with van der Waals surface area (Å²) in [6, 6.07) is 5.80. The minimum Gasteiger partial charge on any atom is -0.353 e. The van der Waals surface area contributed by atoms with Gasteiger partial charge in [0.1, 0.15) is 5.82 Å². The van der Waals surface area contributed by atoms with Gasteiger partial charge in [-0.3, -0.25) is 9.69 Å². The van der Waals surface area contributed by atoms with Crippen molar-refractivity contribution in [3.8, 4) is 0 Å². The van der Waals surface area contributed by atoms with Crippen LogP contribution in [0.1, 0.15) is 6.42 Å². The van der Waals surface area contributed by atoms with Crippen LogP contribution < -0.4 is 4.90 Å². The van der Waals surface area contributed by atoms with E-state index in [0.717, 1.165) is 18.9 Å². The summed E-state index contributed by atoms with van der Waals surface area (Å²) >= 11 is 0. The number of piperazine rings is 1. The molecule has 1 amide bonds. The van der Waals surface area contributed by atoms with Gasteiger partial charge in [-0.1, -0.05) is 6.07 Å². The van der Waals surface area contributed by atoms with Gasteiger partial charge in [0, 0.05) is 38.4 Å². The number of nitrogens with zero attached hydrogens (tertiary/aromatic N) is 4. The van der Waals surface area contributed by atoms with Gasteiger partial charge in [0.25, 0.3) is 0 Å². The first-order valence-electron chi connectivity index (χ1n) is 8.29. The number of likely N-dealkylation sites (N-methyl/N-ethyl adjacent to an activating group) is 1. The minimum atomic E-state index is -2.92. The Labute approximate surface area is 143 Å². The molecule has 1 aromatic rings. The van der Waals surface area contributed by atoms with E-state index in [9.17, 15) is 13.2 Å². The van der Waals surface area contributed by atoms with E-state index in [1.165, 1.54) is 0 Å². The Kier molecular flexibility index (Phi) is 5.05. The Morgan fingerprint density at radius 3 is 2.62 bits per heavy atom. The normalized spacial score (nSPS) is 23.7. The maximum atomic E-state index is 12.5. The molecule has 0 aromatic carbocycles. The largest absolute Gasteiger partial charge is 0.353 e. The zero-order valence-corrected chi connectivity index (χ0v) is 14.8. The second kappa shape index (κ2) is 7.06. The van der Waals surface area contributed by atoms with Crippen LogP contribution >= 0.6 is 0 Å². The lowest BCUT2D eigenvalue weighted by Gasteiger charge is -2.36. The average Bonchev–Trinajstić information content (AvgIpc) is 2.96. The van der Waals surface area contributed by atoms with Crippen molar-refractivity contribution in [2.75, 3.05) is 56.2 Å². The van der Waals surface area contributed by atoms with Gasteiger partial charge in [0.05, 0.1) is 18.1 Å². The Hall–Kier alpha value is -1.67. The van der Waals surface area contributed by atoms with Crippen molar-refractivity contribution in [3.05, 3.63) is 24.4 Å². The van der Waals surface area contributed by atoms with E-state index in [4.69, 9.17) is 0 Å². The molecule has 2 fully saturated rings. The Balaban J connectivity index is 1.49. The van der Waals surface area contributed by atoms with E-state index in [-0.39, 0.29) is 30.0 Å². The third-order valence-electron chi connectivity index (χ3n) is 4.82. The number of carbonyl (C=O) groups excluding carboxylic acids is 1. The van der Waals surface area contributed by atoms with Crippen molar-refractivity contribution in [1.29, 1.82) is 0 Å². The van der Waals surface area contributed by atoms with Crippen LogP contribution in [0.4, 0.5) is 5.82 Å². The topological polar surface area (TPSA) is 73.8 Å². The summed E-state index contributed by atoms with van der Waals surface area (Å²) in [7, 11) is -1.08. The summed E-state index contributed by atoms with van der Waals surface area (Å²) < 4.78 is 23.1. The van der Waals surface area contributed by atoms with Gasteiger partial charge < -0.3 is 9.80 Å². The van der Waals surface area contributed by atoms with E-state index in [1.807, 2.05) is 35.0 Å². The smallest absolute Gasteiger partial charge is 0.236 e. The highest BCUT2D eigenvalue weighted by atomic mass is 32.2. The highest BCUT2D eigenvalue weighted by Crippen LogP contribution is 2.17. The number of hydrogen-bond donors (Lipinski definition) is 0. The molecule has 1 atom stereocenters. The summed E-state index contributed by atoms with van der Waals surface area (Å²) in [5, 5.41) is 0. The predicted molar refractivity (Wildman–Crippen MR) is 92.7 cm³/mol. The van der Waals surface area contributed by atoms with E-state index >= 15 is 0 Å². The Bertz CT molecular complexity index is 672. The standard InChI is InChI=1S/C16H24N4O3S/c1-18(14-5-11-24(22,23)13-14)12-16(21)20-9-7-19(8-10-20)15-4-2-3-6-17-15/h2-4,6,14H,5,7-13H2,1H3. The molecule has 3 rings (SSSR count). The van der Waals surface area contributed by atoms with Crippen molar-refractivity contribution >= 4 is 21.6 Å². The SMILES string of the molecule is CN(CC(=O)N1CCN(c2ccccn2)CC1)C1CCS(=O)(=O)C1. The molecule has 0 spiro atoms. The van der Waals surface area contributed by atoms with Crippen LogP contribution in [0.3, 0.4) is 0 Å². The number of hydrogen-bond acceptors (Lipinski definition) is 6. The van der Waals surface area contributed by atoms with Crippen LogP contribution in [0.15, 0.2) is 24.4 Å². The zero-order valence-electron chi connectivity index (χ0n) is 14.0. The average molecular weight is 352 g/mol. The number of carbonyl (C=O) groups is 1. The van der Waals surface area contributed by atoms with Crippen LogP contribution in [0.5, 0.6) is 0 Å². The predicted octanol–water partition coefficient (Wildman–Crippen LogP) is -0.151. The van der Waals surface area contributed by atoms with Crippen molar-refractivity contribution in [3.63, 3.8) is 0 Å². The van der Waals surface area contributed by atoms with E-state index in [0.29, 0.717) is 19.5 Å². The van der Waals surface area contributed by atoms with Crippen molar-refractivity contribution < 1.29 is 13.2 Å². The summed E-state index contributed by atoms with van der Waals surface area (Å²) in [6.07, 6.45) is 2.40. The highest BCUT2D eigenvalue weighted by Gasteiger charge is 2.32. The maximum Gasteiger partial charge on any atom is 0.236 e. The van der Waals surface area contributed by atoms with Gasteiger partial charge in [0.15, 0.2) is 9.84 Å². The van der Waals surface area contributed by atoms with Crippen LogP contribution in [0, 0.1) is 0 Å². The number of rotatable bonds is 4.